The lowest BCUT2D eigenvalue weighted by atomic mass is 9.78. The van der Waals surface area contributed by atoms with E-state index in [4.69, 9.17) is 4.74 Å². The monoisotopic (exact) mass is 198 g/mol. The molecular weight excluding hydrogens is 180 g/mol. The summed E-state index contributed by atoms with van der Waals surface area (Å²) in [5.74, 6) is 0.179. The summed E-state index contributed by atoms with van der Waals surface area (Å²) in [7, 11) is 1.75. The maximum Gasteiger partial charge on any atom is 0.240 e. The number of amides is 1. The molecule has 2 N–H and O–H groups in total. The van der Waals surface area contributed by atoms with Crippen molar-refractivity contribution in [2.75, 3.05) is 20.2 Å². The topological polar surface area (TPSA) is 50.4 Å². The molecule has 1 amide bonds. The summed E-state index contributed by atoms with van der Waals surface area (Å²) in [5.41, 5.74) is -0.284. The van der Waals surface area contributed by atoms with Crippen LogP contribution in [0.25, 0.3) is 0 Å². The Kier molecular flexibility index (Phi) is 2.74. The van der Waals surface area contributed by atoms with Crippen LogP contribution >= 0.6 is 0 Å². The van der Waals surface area contributed by atoms with Gasteiger partial charge in [0.05, 0.1) is 11.6 Å². The lowest BCUT2D eigenvalue weighted by Gasteiger charge is -2.41. The van der Waals surface area contributed by atoms with Crippen LogP contribution in [0.2, 0.25) is 0 Å². The highest BCUT2D eigenvalue weighted by molar-refractivity contribution is 5.87. The summed E-state index contributed by atoms with van der Waals surface area (Å²) in [6.07, 6.45) is 4.11. The van der Waals surface area contributed by atoms with Crippen LogP contribution in [-0.4, -0.2) is 37.7 Å². The van der Waals surface area contributed by atoms with E-state index < -0.39 is 0 Å². The maximum absolute atomic E-state index is 11.8. The van der Waals surface area contributed by atoms with Crippen LogP contribution in [0.15, 0.2) is 0 Å². The molecule has 1 aliphatic carbocycles. The SMILES string of the molecule is COC1CCC2(CC1)NCCNC2=O. The van der Waals surface area contributed by atoms with Crippen molar-refractivity contribution in [3.05, 3.63) is 0 Å². The van der Waals surface area contributed by atoms with Crippen molar-refractivity contribution in [1.82, 2.24) is 10.6 Å². The number of carbonyl (C=O) groups is 1. The van der Waals surface area contributed by atoms with Crippen molar-refractivity contribution >= 4 is 5.91 Å². The lowest BCUT2D eigenvalue weighted by molar-refractivity contribution is -0.132. The van der Waals surface area contributed by atoms with E-state index in [1.165, 1.54) is 0 Å². The molecule has 0 aromatic carbocycles. The van der Waals surface area contributed by atoms with Crippen LogP contribution in [0.4, 0.5) is 0 Å². The Bertz CT molecular complexity index is 222. The van der Waals surface area contributed by atoms with Gasteiger partial charge in [0.25, 0.3) is 0 Å². The zero-order valence-corrected chi connectivity index (χ0v) is 8.64. The number of nitrogens with one attached hydrogen (secondary N) is 2. The molecule has 80 valence electrons. The summed E-state index contributed by atoms with van der Waals surface area (Å²) < 4.78 is 5.30. The number of piperazine rings is 1. The molecule has 0 aromatic rings. The van der Waals surface area contributed by atoms with Gasteiger partial charge in [-0.15, -0.1) is 0 Å². The Morgan fingerprint density at radius 1 is 1.36 bits per heavy atom. The van der Waals surface area contributed by atoms with Crippen molar-refractivity contribution in [3.8, 4) is 0 Å². The smallest absolute Gasteiger partial charge is 0.240 e. The minimum absolute atomic E-state index is 0.179. The van der Waals surface area contributed by atoms with Gasteiger partial charge in [-0.1, -0.05) is 0 Å². The minimum Gasteiger partial charge on any atom is -0.381 e. The second-order valence-corrected chi connectivity index (χ2v) is 4.20. The van der Waals surface area contributed by atoms with Crippen LogP contribution in [0.1, 0.15) is 25.7 Å². The van der Waals surface area contributed by atoms with Crippen LogP contribution in [0.3, 0.4) is 0 Å². The Morgan fingerprint density at radius 2 is 2.07 bits per heavy atom. The van der Waals surface area contributed by atoms with E-state index in [1.54, 1.807) is 7.11 Å². The number of rotatable bonds is 1. The highest BCUT2D eigenvalue weighted by atomic mass is 16.5. The van der Waals surface area contributed by atoms with Crippen molar-refractivity contribution in [2.24, 2.45) is 0 Å². The van der Waals surface area contributed by atoms with E-state index in [9.17, 15) is 4.79 Å². The molecule has 0 bridgehead atoms. The molecule has 0 aromatic heterocycles. The molecule has 2 rings (SSSR count). The quantitative estimate of drug-likeness (QED) is 0.625. The largest absolute Gasteiger partial charge is 0.381 e. The molecule has 1 heterocycles. The highest BCUT2D eigenvalue weighted by Gasteiger charge is 2.42. The molecule has 0 unspecified atom stereocenters. The minimum atomic E-state index is -0.284. The number of methoxy groups -OCH3 is 1. The molecular formula is C10H18N2O2. The fourth-order valence-electron chi connectivity index (χ4n) is 2.45. The fourth-order valence-corrected chi connectivity index (χ4v) is 2.45. The van der Waals surface area contributed by atoms with E-state index in [-0.39, 0.29) is 11.4 Å². The number of hydrogen-bond acceptors (Lipinski definition) is 3. The number of hydrogen-bond donors (Lipinski definition) is 2. The summed E-state index contributed by atoms with van der Waals surface area (Å²) in [6, 6.07) is 0. The van der Waals surface area contributed by atoms with E-state index >= 15 is 0 Å². The van der Waals surface area contributed by atoms with E-state index in [2.05, 4.69) is 10.6 Å². The van der Waals surface area contributed by atoms with Gasteiger partial charge in [-0.3, -0.25) is 4.79 Å². The van der Waals surface area contributed by atoms with E-state index in [0.29, 0.717) is 6.10 Å². The van der Waals surface area contributed by atoms with Gasteiger partial charge in [-0.05, 0) is 25.7 Å². The van der Waals surface area contributed by atoms with Gasteiger partial charge in [0.15, 0.2) is 0 Å². The van der Waals surface area contributed by atoms with Gasteiger partial charge in [-0.25, -0.2) is 0 Å². The summed E-state index contributed by atoms with van der Waals surface area (Å²) in [6.45, 7) is 1.65. The molecule has 2 aliphatic rings. The molecule has 1 spiro atoms. The molecule has 4 heteroatoms. The molecule has 2 fully saturated rings. The molecule has 0 atom stereocenters. The lowest BCUT2D eigenvalue weighted by Crippen LogP contribution is -2.64. The number of carbonyl (C=O) groups excluding carboxylic acids is 1. The summed E-state index contributed by atoms with van der Waals surface area (Å²) in [4.78, 5) is 11.8. The maximum atomic E-state index is 11.8. The molecule has 0 radical (unpaired) electrons. The van der Waals surface area contributed by atoms with Gasteiger partial charge in [0.2, 0.25) is 5.91 Å². The average Bonchev–Trinajstić information content (AvgIpc) is 2.24. The zero-order valence-electron chi connectivity index (χ0n) is 8.64. The van der Waals surface area contributed by atoms with Crippen LogP contribution in [0.5, 0.6) is 0 Å². The van der Waals surface area contributed by atoms with Crippen molar-refractivity contribution < 1.29 is 9.53 Å². The summed E-state index contributed by atoms with van der Waals surface area (Å²) >= 11 is 0. The van der Waals surface area contributed by atoms with E-state index in [0.717, 1.165) is 38.8 Å². The number of ether oxygens (including phenoxy) is 1. The first-order valence-corrected chi connectivity index (χ1v) is 5.33. The van der Waals surface area contributed by atoms with Gasteiger partial charge in [-0.2, -0.15) is 0 Å². The Morgan fingerprint density at radius 3 is 2.64 bits per heavy atom. The predicted molar refractivity (Wildman–Crippen MR) is 53.0 cm³/mol. The molecule has 1 aliphatic heterocycles. The Labute approximate surface area is 84.4 Å². The third kappa shape index (κ3) is 1.64. The molecule has 4 nitrogen and oxygen atoms in total. The second-order valence-electron chi connectivity index (χ2n) is 4.20. The second kappa shape index (κ2) is 3.87. The fraction of sp³-hybridized carbons (Fsp3) is 0.900. The average molecular weight is 198 g/mol. The molecule has 1 saturated carbocycles. The van der Waals surface area contributed by atoms with Gasteiger partial charge in [0.1, 0.15) is 0 Å². The van der Waals surface area contributed by atoms with Crippen LogP contribution < -0.4 is 10.6 Å². The first-order valence-electron chi connectivity index (χ1n) is 5.33. The third-order valence-electron chi connectivity index (χ3n) is 3.43. The third-order valence-corrected chi connectivity index (χ3v) is 3.43. The van der Waals surface area contributed by atoms with Gasteiger partial charge < -0.3 is 15.4 Å². The standard InChI is InChI=1S/C10H18N2O2/c1-14-8-2-4-10(5-3-8)9(13)11-6-7-12-10/h8,12H,2-7H2,1H3,(H,11,13). The van der Waals surface area contributed by atoms with Gasteiger partial charge in [0, 0.05) is 20.2 Å². The van der Waals surface area contributed by atoms with Crippen molar-refractivity contribution in [1.29, 1.82) is 0 Å². The van der Waals surface area contributed by atoms with Crippen LogP contribution in [-0.2, 0) is 9.53 Å². The van der Waals surface area contributed by atoms with E-state index in [1.807, 2.05) is 0 Å². The zero-order chi connectivity index (χ0) is 10.0. The Hall–Kier alpha value is -0.610. The molecule has 14 heavy (non-hydrogen) atoms. The molecule has 1 saturated heterocycles. The summed E-state index contributed by atoms with van der Waals surface area (Å²) in [5, 5.41) is 6.29. The first kappa shape index (κ1) is 9.93. The Balaban J connectivity index is 1.99. The van der Waals surface area contributed by atoms with Crippen molar-refractivity contribution in [2.45, 2.75) is 37.3 Å². The predicted octanol–water partition coefficient (Wildman–Crippen LogP) is 0.0336. The normalized spacial score (nSPS) is 38.4. The van der Waals surface area contributed by atoms with Crippen LogP contribution in [0, 0.1) is 0 Å². The highest BCUT2D eigenvalue weighted by Crippen LogP contribution is 2.30. The van der Waals surface area contributed by atoms with Gasteiger partial charge >= 0.3 is 0 Å². The first-order chi connectivity index (χ1) is 6.77. The van der Waals surface area contributed by atoms with Crippen molar-refractivity contribution in [3.63, 3.8) is 0 Å².